The van der Waals surface area contributed by atoms with E-state index in [1.165, 1.54) is 13.0 Å². The van der Waals surface area contributed by atoms with Gasteiger partial charge in [-0.2, -0.15) is 0 Å². The average Bonchev–Trinajstić information content (AvgIpc) is 2.68. The highest BCUT2D eigenvalue weighted by Crippen LogP contribution is 2.23. The second kappa shape index (κ2) is 14.2. The molecule has 0 aromatic carbocycles. The van der Waals surface area contributed by atoms with Crippen LogP contribution in [0.1, 0.15) is 47.0 Å². The Morgan fingerprint density at radius 1 is 0.933 bits per heavy atom. The summed E-state index contributed by atoms with van der Waals surface area (Å²) >= 11 is 0. The van der Waals surface area contributed by atoms with Gasteiger partial charge in [-0.25, -0.2) is 0 Å². The van der Waals surface area contributed by atoms with E-state index in [1.54, 1.807) is 6.92 Å². The smallest absolute Gasteiger partial charge is 0.111 e. The van der Waals surface area contributed by atoms with E-state index in [9.17, 15) is 35.7 Å². The summed E-state index contributed by atoms with van der Waals surface area (Å²) in [7, 11) is 0. The number of allylic oxidation sites excluding steroid dienone is 2. The summed E-state index contributed by atoms with van der Waals surface area (Å²) in [6, 6.07) is 0. The summed E-state index contributed by atoms with van der Waals surface area (Å²) in [6.07, 6.45) is -4.22. The summed E-state index contributed by atoms with van der Waals surface area (Å²) in [5.41, 5.74) is 0.278. The topological polar surface area (TPSA) is 171 Å². The van der Waals surface area contributed by atoms with Crippen LogP contribution in [0.2, 0.25) is 0 Å². The van der Waals surface area contributed by atoms with Crippen molar-refractivity contribution >= 4 is 0 Å². The van der Waals surface area contributed by atoms with Crippen LogP contribution >= 0.6 is 0 Å². The molecule has 0 rings (SSSR count). The number of aliphatic hydroxyl groups is 8. The second-order valence-electron chi connectivity index (χ2n) is 8.23. The number of hydrogen-bond acceptors (Lipinski definition) is 9. The maximum absolute atomic E-state index is 10.4. The molecule has 0 spiro atoms. The van der Waals surface area contributed by atoms with Gasteiger partial charge in [-0.05, 0) is 46.1 Å². The SMILES string of the molecule is CC(C)=CCC[C@](C)(O)[C@@H](O)C[C@H](O)/C(C)=C/COC[C@H](O)[C@H](O)[C@H](O)[C@H](O)CO. The molecule has 0 heterocycles. The Morgan fingerprint density at radius 2 is 1.50 bits per heavy atom. The van der Waals surface area contributed by atoms with Crippen molar-refractivity contribution in [1.82, 2.24) is 0 Å². The van der Waals surface area contributed by atoms with Crippen LogP contribution in [0.4, 0.5) is 0 Å². The van der Waals surface area contributed by atoms with Crippen LogP contribution in [0.15, 0.2) is 23.3 Å². The molecular weight excluding hydrogens is 396 g/mol. The minimum Gasteiger partial charge on any atom is -0.394 e. The monoisotopic (exact) mass is 436 g/mol. The summed E-state index contributed by atoms with van der Waals surface area (Å²) in [6.45, 7) is 5.93. The van der Waals surface area contributed by atoms with Gasteiger partial charge in [0, 0.05) is 6.42 Å². The van der Waals surface area contributed by atoms with Gasteiger partial charge in [0.25, 0.3) is 0 Å². The largest absolute Gasteiger partial charge is 0.394 e. The zero-order chi connectivity index (χ0) is 23.5. The highest BCUT2D eigenvalue weighted by atomic mass is 16.5. The minimum absolute atomic E-state index is 0.0155. The Kier molecular flexibility index (Phi) is 13.8. The second-order valence-corrected chi connectivity index (χ2v) is 8.23. The van der Waals surface area contributed by atoms with E-state index < -0.39 is 48.8 Å². The first-order valence-corrected chi connectivity index (χ1v) is 10.1. The Morgan fingerprint density at radius 3 is 2.03 bits per heavy atom. The number of hydrogen-bond donors (Lipinski definition) is 8. The zero-order valence-corrected chi connectivity index (χ0v) is 18.3. The lowest BCUT2D eigenvalue weighted by atomic mass is 9.88. The van der Waals surface area contributed by atoms with Crippen molar-refractivity contribution in [2.45, 2.75) is 89.2 Å². The van der Waals surface area contributed by atoms with Crippen LogP contribution in [-0.2, 0) is 4.74 Å². The van der Waals surface area contributed by atoms with Gasteiger partial charge < -0.3 is 45.6 Å². The third-order valence-electron chi connectivity index (χ3n) is 5.03. The van der Waals surface area contributed by atoms with Gasteiger partial charge in [-0.3, -0.25) is 0 Å². The highest BCUT2D eigenvalue weighted by Gasteiger charge is 2.32. The fraction of sp³-hybridized carbons (Fsp3) is 0.810. The zero-order valence-electron chi connectivity index (χ0n) is 18.3. The molecule has 0 aliphatic heterocycles. The average molecular weight is 437 g/mol. The molecule has 0 amide bonds. The van der Waals surface area contributed by atoms with Gasteiger partial charge in [0.2, 0.25) is 0 Å². The van der Waals surface area contributed by atoms with Crippen molar-refractivity contribution < 1.29 is 45.6 Å². The van der Waals surface area contributed by atoms with E-state index in [0.717, 1.165) is 5.57 Å². The lowest BCUT2D eigenvalue weighted by Gasteiger charge is -2.30. The number of ether oxygens (including phenoxy) is 1. The highest BCUT2D eigenvalue weighted by molar-refractivity contribution is 5.06. The van der Waals surface area contributed by atoms with Crippen molar-refractivity contribution in [3.63, 3.8) is 0 Å². The molecule has 0 saturated carbocycles. The van der Waals surface area contributed by atoms with Crippen LogP contribution in [0.3, 0.4) is 0 Å². The number of rotatable bonds is 15. The predicted molar refractivity (Wildman–Crippen MR) is 112 cm³/mol. The van der Waals surface area contributed by atoms with Crippen LogP contribution in [0.25, 0.3) is 0 Å². The first-order chi connectivity index (χ1) is 13.8. The molecule has 0 aliphatic rings. The molecule has 0 unspecified atom stereocenters. The van der Waals surface area contributed by atoms with E-state index in [-0.39, 0.29) is 19.6 Å². The van der Waals surface area contributed by atoms with Crippen LogP contribution in [0, 0.1) is 0 Å². The molecule has 0 saturated heterocycles. The molecule has 30 heavy (non-hydrogen) atoms. The third kappa shape index (κ3) is 10.9. The van der Waals surface area contributed by atoms with E-state index in [1.807, 2.05) is 19.9 Å². The van der Waals surface area contributed by atoms with Crippen molar-refractivity contribution in [3.05, 3.63) is 23.3 Å². The summed E-state index contributed by atoms with van der Waals surface area (Å²) < 4.78 is 5.18. The van der Waals surface area contributed by atoms with Gasteiger partial charge in [0.15, 0.2) is 0 Å². The van der Waals surface area contributed by atoms with Gasteiger partial charge in [-0.15, -0.1) is 0 Å². The standard InChI is InChI=1S/C21H40O9/c1-13(2)6-5-8-21(4,29)18(26)10-15(23)14(3)7-9-30-12-17(25)20(28)19(27)16(24)11-22/h6-7,15-20,22-29H,5,8-12H2,1-4H3/b14-7+/t15-,16+,17-,18-,19+,20-,21-/m0/s1. The Hall–Kier alpha value is -0.880. The van der Waals surface area contributed by atoms with Gasteiger partial charge in [0.05, 0.1) is 37.6 Å². The number of aliphatic hydroxyl groups excluding tert-OH is 7. The lowest BCUT2D eigenvalue weighted by Crippen LogP contribution is -2.47. The Bertz CT molecular complexity index is 529. The first-order valence-electron chi connectivity index (χ1n) is 10.1. The maximum atomic E-state index is 10.4. The molecule has 9 nitrogen and oxygen atoms in total. The van der Waals surface area contributed by atoms with E-state index in [2.05, 4.69) is 0 Å². The van der Waals surface area contributed by atoms with Crippen LogP contribution in [-0.4, -0.2) is 103 Å². The van der Waals surface area contributed by atoms with Gasteiger partial charge in [-0.1, -0.05) is 17.7 Å². The Balaban J connectivity index is 4.47. The van der Waals surface area contributed by atoms with E-state index in [4.69, 9.17) is 9.84 Å². The van der Waals surface area contributed by atoms with Crippen LogP contribution < -0.4 is 0 Å². The molecule has 7 atom stereocenters. The molecule has 8 N–H and O–H groups in total. The third-order valence-corrected chi connectivity index (χ3v) is 5.03. The van der Waals surface area contributed by atoms with Gasteiger partial charge in [0.1, 0.15) is 24.4 Å². The molecule has 9 heteroatoms. The molecule has 178 valence electrons. The summed E-state index contributed by atoms with van der Waals surface area (Å²) in [5, 5.41) is 77.9. The van der Waals surface area contributed by atoms with Gasteiger partial charge >= 0.3 is 0 Å². The normalized spacial score (nSPS) is 20.6. The molecule has 0 aromatic heterocycles. The fourth-order valence-corrected chi connectivity index (χ4v) is 2.65. The van der Waals surface area contributed by atoms with Crippen molar-refractivity contribution in [1.29, 1.82) is 0 Å². The first kappa shape index (κ1) is 29.1. The molecular formula is C21H40O9. The predicted octanol–water partition coefficient (Wildman–Crippen LogP) is -1.01. The summed E-state index contributed by atoms with van der Waals surface area (Å²) in [4.78, 5) is 0. The van der Waals surface area contributed by atoms with Crippen molar-refractivity contribution in [2.24, 2.45) is 0 Å². The van der Waals surface area contributed by atoms with E-state index >= 15 is 0 Å². The summed E-state index contributed by atoms with van der Waals surface area (Å²) in [5.74, 6) is 0. The minimum atomic E-state index is -1.72. The van der Waals surface area contributed by atoms with Crippen molar-refractivity contribution in [3.8, 4) is 0 Å². The van der Waals surface area contributed by atoms with E-state index in [0.29, 0.717) is 18.4 Å². The Labute approximate surface area is 178 Å². The molecule has 0 aromatic rings. The molecule has 0 fully saturated rings. The molecule has 0 aliphatic carbocycles. The maximum Gasteiger partial charge on any atom is 0.111 e. The lowest BCUT2D eigenvalue weighted by molar-refractivity contribution is -0.127. The molecule has 0 bridgehead atoms. The quantitative estimate of drug-likeness (QED) is 0.118. The van der Waals surface area contributed by atoms with Crippen LogP contribution in [0.5, 0.6) is 0 Å². The molecule has 0 radical (unpaired) electrons. The van der Waals surface area contributed by atoms with Crippen molar-refractivity contribution in [2.75, 3.05) is 19.8 Å². The fourth-order valence-electron chi connectivity index (χ4n) is 2.65.